The lowest BCUT2D eigenvalue weighted by atomic mass is 9.62. The van der Waals surface area contributed by atoms with E-state index in [-0.39, 0.29) is 56.0 Å². The van der Waals surface area contributed by atoms with Gasteiger partial charge >= 0.3 is 0 Å². The molecule has 0 bridgehead atoms. The summed E-state index contributed by atoms with van der Waals surface area (Å²) in [5.41, 5.74) is 4.58. The van der Waals surface area contributed by atoms with Gasteiger partial charge in [-0.2, -0.15) is 0 Å². The van der Waals surface area contributed by atoms with E-state index >= 15 is 8.42 Å². The van der Waals surface area contributed by atoms with Crippen molar-refractivity contribution in [2.24, 2.45) is 0 Å². The lowest BCUT2D eigenvalue weighted by molar-refractivity contribution is 0.581. The summed E-state index contributed by atoms with van der Waals surface area (Å²) < 4.78 is 108. The summed E-state index contributed by atoms with van der Waals surface area (Å²) >= 11 is 0. The molecule has 1 aliphatic carbocycles. The Balaban J connectivity index is 1.31. The third-order valence-electron chi connectivity index (χ3n) is 11.0. The Bertz CT molecular complexity index is 3620. The van der Waals surface area contributed by atoms with Crippen LogP contribution < -0.4 is 0 Å². The Morgan fingerprint density at radius 1 is 0.509 bits per heavy atom. The fourth-order valence-electron chi connectivity index (χ4n) is 8.69. The molecular formula is C51H33N3O2S. The first-order chi connectivity index (χ1) is 31.7. The third kappa shape index (κ3) is 4.87. The molecule has 2 heterocycles. The van der Waals surface area contributed by atoms with Crippen LogP contribution in [0.3, 0.4) is 0 Å². The molecule has 1 spiro atoms. The molecule has 5 nitrogen and oxygen atoms in total. The van der Waals surface area contributed by atoms with E-state index in [1.807, 2.05) is 109 Å². The molecule has 270 valence electrons. The van der Waals surface area contributed by atoms with E-state index in [2.05, 4.69) is 4.98 Å². The van der Waals surface area contributed by atoms with Crippen LogP contribution in [0.15, 0.2) is 192 Å². The first-order valence-corrected chi connectivity index (χ1v) is 19.8. The van der Waals surface area contributed by atoms with Crippen molar-refractivity contribution in [2.75, 3.05) is 0 Å². The molecule has 8 aromatic carbocycles. The molecule has 57 heavy (non-hydrogen) atoms. The normalized spacial score (nSPS) is 18.0. The predicted octanol–water partition coefficient (Wildman–Crippen LogP) is 11.5. The summed E-state index contributed by atoms with van der Waals surface area (Å²) in [5, 5.41) is 1.31. The van der Waals surface area contributed by atoms with Gasteiger partial charge in [-0.15, -0.1) is 0 Å². The molecule has 0 saturated heterocycles. The van der Waals surface area contributed by atoms with Crippen LogP contribution in [-0.4, -0.2) is 23.4 Å². The Morgan fingerprint density at radius 3 is 1.91 bits per heavy atom. The summed E-state index contributed by atoms with van der Waals surface area (Å²) in [7, 11) is -4.14. The summed E-state index contributed by atoms with van der Waals surface area (Å²) in [6.45, 7) is 1.48. The van der Waals surface area contributed by atoms with Crippen LogP contribution in [-0.2, 0) is 15.3 Å². The molecule has 1 unspecified atom stereocenters. The van der Waals surface area contributed by atoms with Crippen molar-refractivity contribution < 1.29 is 20.8 Å². The van der Waals surface area contributed by atoms with E-state index in [0.717, 1.165) is 33.2 Å². The molecule has 0 fully saturated rings. The number of sulfone groups is 1. The van der Waals surface area contributed by atoms with E-state index in [4.69, 9.17) is 22.3 Å². The molecule has 0 N–H and O–H groups in total. The minimum absolute atomic E-state index is 0.0565. The second-order valence-electron chi connectivity index (χ2n) is 14.1. The van der Waals surface area contributed by atoms with E-state index in [1.54, 1.807) is 18.2 Å². The van der Waals surface area contributed by atoms with Gasteiger partial charge in [-0.25, -0.2) is 23.4 Å². The Hall–Kier alpha value is -7.02. The van der Waals surface area contributed by atoms with Crippen LogP contribution in [0.2, 0.25) is 0 Å². The van der Waals surface area contributed by atoms with Crippen LogP contribution in [0.5, 0.6) is 0 Å². The molecule has 6 heteroatoms. The predicted molar refractivity (Wildman–Crippen MR) is 227 cm³/mol. The first-order valence-electron chi connectivity index (χ1n) is 22.8. The molecule has 9 aromatic rings. The minimum atomic E-state index is -4.14. The zero-order valence-corrected chi connectivity index (χ0v) is 31.0. The van der Waals surface area contributed by atoms with Crippen molar-refractivity contribution in [2.45, 2.75) is 22.1 Å². The number of rotatable bonds is 3. The van der Waals surface area contributed by atoms with Gasteiger partial charge < -0.3 is 0 Å². The van der Waals surface area contributed by atoms with Gasteiger partial charge in [0.15, 0.2) is 17.5 Å². The Kier molecular flexibility index (Phi) is 5.53. The van der Waals surface area contributed by atoms with Gasteiger partial charge in [0.2, 0.25) is 9.84 Å². The third-order valence-corrected chi connectivity index (χ3v) is 12.9. The SMILES string of the molecule is [2H]c1c([2H])c([2H])c(-c2nc(-c3ccc4c(c3)C3(c5ccccc5-c5ccccc5-4)c4ccccc4S(=O)(=O)c4c3ccc3ccccc43)nc(-c3c([2H])c([2H])c([2H])c(C)c3[2H])n2)c([2H])c1[2H]. The molecule has 1 aliphatic heterocycles. The van der Waals surface area contributed by atoms with Crippen molar-refractivity contribution in [3.8, 4) is 56.4 Å². The van der Waals surface area contributed by atoms with Crippen LogP contribution in [0.25, 0.3) is 67.2 Å². The maximum absolute atomic E-state index is 15.2. The van der Waals surface area contributed by atoms with Gasteiger partial charge in [0, 0.05) is 22.1 Å². The number of hydrogen-bond acceptors (Lipinski definition) is 5. The summed E-state index contributed by atoms with van der Waals surface area (Å²) in [6, 6.07) is 35.3. The molecule has 11 rings (SSSR count). The number of fused-ring (bicyclic) bond motifs is 13. The Labute approximate surface area is 343 Å². The average Bonchev–Trinajstić information content (AvgIpc) is 3.44. The molecule has 1 atom stereocenters. The Morgan fingerprint density at radius 2 is 1.12 bits per heavy atom. The van der Waals surface area contributed by atoms with E-state index in [9.17, 15) is 0 Å². The average molecular weight is 761 g/mol. The van der Waals surface area contributed by atoms with Crippen LogP contribution in [0, 0.1) is 6.92 Å². The van der Waals surface area contributed by atoms with Gasteiger partial charge in [0.05, 0.1) is 27.5 Å². The fraction of sp³-hybridized carbons (Fsp3) is 0.0392. The van der Waals surface area contributed by atoms with E-state index in [1.165, 1.54) is 6.92 Å². The van der Waals surface area contributed by atoms with Crippen molar-refractivity contribution in [1.29, 1.82) is 0 Å². The molecule has 2 aliphatic rings. The molecule has 0 radical (unpaired) electrons. The van der Waals surface area contributed by atoms with Crippen LogP contribution >= 0.6 is 0 Å². The maximum Gasteiger partial charge on any atom is 0.207 e. The first kappa shape index (κ1) is 25.2. The standard InChI is InChI=1S/C51H33N3O2S/c1-32-14-13-18-35(30-32)49-52-48(34-16-3-2-4-17-34)53-50(54-49)36-26-28-41-39-21-8-7-20-38(39)40-22-9-10-23-42(40)51(45(41)31-36)43-24-11-12-25-46(43)57(55,56)47-37-19-6-5-15-33(37)27-29-44(47)51/h2-31H,1H3/i2D,3D,4D,13D,14D,16D,17D,18D,30D. The van der Waals surface area contributed by atoms with E-state index in [0.29, 0.717) is 27.6 Å². The van der Waals surface area contributed by atoms with Crippen LogP contribution in [0.1, 0.15) is 40.2 Å². The van der Waals surface area contributed by atoms with E-state index < -0.39 is 57.5 Å². The quantitative estimate of drug-likeness (QED) is 0.179. The monoisotopic (exact) mass is 760 g/mol. The van der Waals surface area contributed by atoms with Crippen molar-refractivity contribution in [3.05, 3.63) is 210 Å². The second-order valence-corrected chi connectivity index (χ2v) is 15.9. The largest absolute Gasteiger partial charge is 0.218 e. The summed E-state index contributed by atoms with van der Waals surface area (Å²) in [5.74, 6) is -0.671. The molecule has 1 aromatic heterocycles. The highest BCUT2D eigenvalue weighted by Crippen LogP contribution is 2.60. The highest BCUT2D eigenvalue weighted by molar-refractivity contribution is 7.92. The zero-order chi connectivity index (χ0) is 46.1. The molecule has 0 saturated carbocycles. The van der Waals surface area contributed by atoms with Crippen molar-refractivity contribution >= 4 is 20.6 Å². The molecule has 0 amide bonds. The molecular weight excluding hydrogens is 719 g/mol. The van der Waals surface area contributed by atoms with Crippen molar-refractivity contribution in [3.63, 3.8) is 0 Å². The fourth-order valence-corrected chi connectivity index (χ4v) is 10.7. The highest BCUT2D eigenvalue weighted by atomic mass is 32.2. The van der Waals surface area contributed by atoms with Gasteiger partial charge in [-0.3, -0.25) is 0 Å². The maximum atomic E-state index is 15.2. The lowest BCUT2D eigenvalue weighted by Crippen LogP contribution is -2.38. The highest BCUT2D eigenvalue weighted by Gasteiger charge is 2.52. The number of hydrogen-bond donors (Lipinski definition) is 0. The lowest BCUT2D eigenvalue weighted by Gasteiger charge is -2.43. The minimum Gasteiger partial charge on any atom is -0.218 e. The second kappa shape index (κ2) is 12.5. The smallest absolute Gasteiger partial charge is 0.207 e. The number of nitrogens with zero attached hydrogens (tertiary/aromatic N) is 3. The van der Waals surface area contributed by atoms with Crippen molar-refractivity contribution in [1.82, 2.24) is 15.0 Å². The van der Waals surface area contributed by atoms with Gasteiger partial charge in [-0.05, 0) is 75.0 Å². The summed E-state index contributed by atoms with van der Waals surface area (Å²) in [4.78, 5) is 14.5. The number of benzene rings is 8. The number of aromatic nitrogens is 3. The topological polar surface area (TPSA) is 72.8 Å². The summed E-state index contributed by atoms with van der Waals surface area (Å²) in [6.07, 6.45) is 0. The zero-order valence-electron chi connectivity index (χ0n) is 39.2. The van der Waals surface area contributed by atoms with Gasteiger partial charge in [0.25, 0.3) is 0 Å². The van der Waals surface area contributed by atoms with Crippen LogP contribution in [0.4, 0.5) is 0 Å². The van der Waals surface area contributed by atoms with Gasteiger partial charge in [-0.1, -0.05) is 169 Å². The van der Waals surface area contributed by atoms with Gasteiger partial charge in [0.1, 0.15) is 0 Å².